The average Bonchev–Trinajstić information content (AvgIpc) is 3.19. The molecule has 3 aromatic rings. The molecule has 4 rings (SSSR count). The molecular formula is C23H30N6O4. The fourth-order valence-electron chi connectivity index (χ4n) is 4.24. The molecule has 1 aliphatic heterocycles. The molecule has 0 atom stereocenters. The van der Waals surface area contributed by atoms with Gasteiger partial charge in [-0.05, 0) is 18.9 Å². The van der Waals surface area contributed by atoms with Crippen LogP contribution < -0.4 is 11.2 Å². The molecule has 0 aliphatic carbocycles. The van der Waals surface area contributed by atoms with Crippen LogP contribution in [0.25, 0.3) is 11.2 Å². The van der Waals surface area contributed by atoms with Crippen LogP contribution in [0, 0.1) is 0 Å². The lowest BCUT2D eigenvalue weighted by molar-refractivity contribution is 0.0769. The second-order valence-electron chi connectivity index (χ2n) is 8.26. The van der Waals surface area contributed by atoms with Gasteiger partial charge in [-0.2, -0.15) is 0 Å². The SMILES string of the molecule is CCOC(=O)N1CCN(Cc2nc3c(c(=O)n(C)c(=O)n3C)n2CCc2ccccc2)CC1. The molecule has 1 saturated heterocycles. The van der Waals surface area contributed by atoms with Gasteiger partial charge in [0.2, 0.25) is 0 Å². The van der Waals surface area contributed by atoms with E-state index in [0.717, 1.165) is 22.4 Å². The zero-order chi connectivity index (χ0) is 23.5. The van der Waals surface area contributed by atoms with Gasteiger partial charge in [-0.3, -0.25) is 18.8 Å². The first-order valence-corrected chi connectivity index (χ1v) is 11.2. The van der Waals surface area contributed by atoms with Gasteiger partial charge in [0.25, 0.3) is 5.56 Å². The van der Waals surface area contributed by atoms with Crippen LogP contribution in [-0.4, -0.2) is 67.4 Å². The van der Waals surface area contributed by atoms with Crippen LogP contribution >= 0.6 is 0 Å². The number of ether oxygens (including phenoxy) is 1. The van der Waals surface area contributed by atoms with E-state index in [1.807, 2.05) is 22.8 Å². The zero-order valence-electron chi connectivity index (χ0n) is 19.4. The number of aryl methyl sites for hydroxylation is 3. The number of hydrogen-bond donors (Lipinski definition) is 0. The third kappa shape index (κ3) is 4.56. The van der Waals surface area contributed by atoms with E-state index in [1.54, 1.807) is 18.9 Å². The molecule has 10 nitrogen and oxygen atoms in total. The molecule has 1 aromatic carbocycles. The first kappa shape index (κ1) is 22.8. The fraction of sp³-hybridized carbons (Fsp3) is 0.478. The van der Waals surface area contributed by atoms with Crippen molar-refractivity contribution in [3.63, 3.8) is 0 Å². The molecule has 10 heteroatoms. The van der Waals surface area contributed by atoms with Gasteiger partial charge in [-0.15, -0.1) is 0 Å². The average molecular weight is 455 g/mol. The summed E-state index contributed by atoms with van der Waals surface area (Å²) in [5.41, 5.74) is 1.27. The highest BCUT2D eigenvalue weighted by molar-refractivity contribution is 5.71. The van der Waals surface area contributed by atoms with Gasteiger partial charge in [-0.25, -0.2) is 14.6 Å². The second kappa shape index (κ2) is 9.62. The summed E-state index contributed by atoms with van der Waals surface area (Å²) in [6.45, 7) is 5.76. The number of hydrogen-bond acceptors (Lipinski definition) is 6. The van der Waals surface area contributed by atoms with Crippen molar-refractivity contribution < 1.29 is 9.53 Å². The molecule has 176 valence electrons. The van der Waals surface area contributed by atoms with Gasteiger partial charge in [0.1, 0.15) is 5.82 Å². The third-order valence-corrected chi connectivity index (χ3v) is 6.16. The van der Waals surface area contributed by atoms with Crippen molar-refractivity contribution in [2.24, 2.45) is 14.1 Å². The van der Waals surface area contributed by atoms with Crippen LogP contribution in [0.5, 0.6) is 0 Å². The fourth-order valence-corrected chi connectivity index (χ4v) is 4.24. The van der Waals surface area contributed by atoms with Crippen LogP contribution in [0.2, 0.25) is 0 Å². The van der Waals surface area contributed by atoms with Crippen LogP contribution in [0.15, 0.2) is 39.9 Å². The van der Waals surface area contributed by atoms with Gasteiger partial charge in [0.05, 0.1) is 13.2 Å². The van der Waals surface area contributed by atoms with Crippen molar-refractivity contribution in [1.29, 1.82) is 0 Å². The molecule has 1 aliphatic rings. The molecule has 1 fully saturated rings. The van der Waals surface area contributed by atoms with Gasteiger partial charge >= 0.3 is 11.8 Å². The van der Waals surface area contributed by atoms with Crippen molar-refractivity contribution in [2.45, 2.75) is 26.4 Å². The quantitative estimate of drug-likeness (QED) is 0.551. The molecule has 0 N–H and O–H groups in total. The van der Waals surface area contributed by atoms with Gasteiger partial charge in [0, 0.05) is 46.8 Å². The molecule has 0 unspecified atom stereocenters. The molecule has 0 saturated carbocycles. The molecule has 0 radical (unpaired) electrons. The maximum absolute atomic E-state index is 13.0. The van der Waals surface area contributed by atoms with E-state index in [1.165, 1.54) is 11.6 Å². The maximum Gasteiger partial charge on any atom is 0.409 e. The van der Waals surface area contributed by atoms with Crippen molar-refractivity contribution in [1.82, 2.24) is 28.5 Å². The normalized spacial score (nSPS) is 14.7. The number of imidazole rings is 1. The molecule has 0 spiro atoms. The Morgan fingerprint density at radius 3 is 2.39 bits per heavy atom. The van der Waals surface area contributed by atoms with Crippen molar-refractivity contribution in [2.75, 3.05) is 32.8 Å². The van der Waals surface area contributed by atoms with Gasteiger partial charge in [0.15, 0.2) is 11.2 Å². The number of fused-ring (bicyclic) bond motifs is 1. The lowest BCUT2D eigenvalue weighted by atomic mass is 10.1. The summed E-state index contributed by atoms with van der Waals surface area (Å²) in [7, 11) is 3.13. The highest BCUT2D eigenvalue weighted by Crippen LogP contribution is 2.16. The number of carbonyl (C=O) groups excluding carboxylic acids is 1. The minimum atomic E-state index is -0.394. The van der Waals surface area contributed by atoms with E-state index in [-0.39, 0.29) is 11.7 Å². The van der Waals surface area contributed by atoms with Crippen LogP contribution in [0.3, 0.4) is 0 Å². The summed E-state index contributed by atoms with van der Waals surface area (Å²) in [5, 5.41) is 0. The largest absolute Gasteiger partial charge is 0.450 e. The summed E-state index contributed by atoms with van der Waals surface area (Å²) >= 11 is 0. The first-order chi connectivity index (χ1) is 15.9. The number of carbonyl (C=O) groups is 1. The highest BCUT2D eigenvalue weighted by atomic mass is 16.6. The Labute approximate surface area is 191 Å². The molecule has 33 heavy (non-hydrogen) atoms. The maximum atomic E-state index is 13.0. The number of benzene rings is 1. The van der Waals surface area contributed by atoms with E-state index in [0.29, 0.717) is 57.0 Å². The van der Waals surface area contributed by atoms with E-state index < -0.39 is 5.69 Å². The lowest BCUT2D eigenvalue weighted by Gasteiger charge is -2.33. The van der Waals surface area contributed by atoms with Crippen molar-refractivity contribution in [3.8, 4) is 0 Å². The van der Waals surface area contributed by atoms with Crippen molar-refractivity contribution >= 4 is 17.3 Å². The summed E-state index contributed by atoms with van der Waals surface area (Å²) < 4.78 is 9.60. The summed E-state index contributed by atoms with van der Waals surface area (Å²) in [6, 6.07) is 10.1. The molecular weight excluding hydrogens is 424 g/mol. The summed E-state index contributed by atoms with van der Waals surface area (Å²) in [4.78, 5) is 46.1. The molecule has 1 amide bonds. The monoisotopic (exact) mass is 454 g/mol. The Morgan fingerprint density at radius 2 is 1.73 bits per heavy atom. The predicted octanol–water partition coefficient (Wildman–Crippen LogP) is 0.951. The molecule has 3 heterocycles. The number of nitrogens with zero attached hydrogens (tertiary/aromatic N) is 6. The van der Waals surface area contributed by atoms with Crippen LogP contribution in [-0.2, 0) is 38.3 Å². The Balaban J connectivity index is 1.63. The Bertz CT molecular complexity index is 1250. The smallest absolute Gasteiger partial charge is 0.409 e. The van der Waals surface area contributed by atoms with E-state index in [9.17, 15) is 14.4 Å². The number of amides is 1. The van der Waals surface area contributed by atoms with E-state index in [2.05, 4.69) is 17.0 Å². The van der Waals surface area contributed by atoms with E-state index in [4.69, 9.17) is 9.72 Å². The minimum absolute atomic E-state index is 0.286. The Morgan fingerprint density at radius 1 is 1.03 bits per heavy atom. The predicted molar refractivity (Wildman–Crippen MR) is 124 cm³/mol. The van der Waals surface area contributed by atoms with Crippen molar-refractivity contribution in [3.05, 3.63) is 62.6 Å². The second-order valence-corrected chi connectivity index (χ2v) is 8.26. The first-order valence-electron chi connectivity index (χ1n) is 11.2. The zero-order valence-corrected chi connectivity index (χ0v) is 19.4. The third-order valence-electron chi connectivity index (χ3n) is 6.16. The minimum Gasteiger partial charge on any atom is -0.450 e. The van der Waals surface area contributed by atoms with Crippen LogP contribution in [0.4, 0.5) is 4.79 Å². The Kier molecular flexibility index (Phi) is 6.64. The molecule has 0 bridgehead atoms. The van der Waals surface area contributed by atoms with Gasteiger partial charge < -0.3 is 14.2 Å². The topological polar surface area (TPSA) is 94.6 Å². The van der Waals surface area contributed by atoms with Gasteiger partial charge in [-0.1, -0.05) is 30.3 Å². The summed E-state index contributed by atoms with van der Waals surface area (Å²) in [6.07, 6.45) is 0.452. The highest BCUT2D eigenvalue weighted by Gasteiger charge is 2.25. The number of rotatable bonds is 6. The lowest BCUT2D eigenvalue weighted by Crippen LogP contribution is -2.48. The van der Waals surface area contributed by atoms with Crippen LogP contribution in [0.1, 0.15) is 18.3 Å². The molecule has 2 aromatic heterocycles. The number of aromatic nitrogens is 4. The standard InChI is InChI=1S/C23H30N6O4/c1-4-33-23(32)28-14-12-27(13-15-28)16-18-24-20-19(21(30)26(3)22(31)25(20)2)29(18)11-10-17-8-6-5-7-9-17/h5-9H,4,10-16H2,1-3H3. The summed E-state index contributed by atoms with van der Waals surface area (Å²) in [5.74, 6) is 0.740. The number of piperazine rings is 1. The van der Waals surface area contributed by atoms with E-state index >= 15 is 0 Å². The Hall–Kier alpha value is -3.40.